The molecule has 3 N–H and O–H groups in total. The van der Waals surface area contributed by atoms with Crippen LogP contribution in [0.4, 0.5) is 26.4 Å². The summed E-state index contributed by atoms with van der Waals surface area (Å²) in [5.74, 6) is -0.454. The lowest BCUT2D eigenvalue weighted by Gasteiger charge is -2.14. The van der Waals surface area contributed by atoms with E-state index in [0.717, 1.165) is 6.07 Å². The molecule has 0 saturated carbocycles. The molecule has 0 aliphatic rings. The number of urea groups is 1. The number of nitro benzene ring substituents is 1. The van der Waals surface area contributed by atoms with Gasteiger partial charge in [-0.05, 0) is 30.3 Å². The number of nitrogens with one attached hydrogen (secondary N) is 3. The molecule has 40 heavy (non-hydrogen) atoms. The molecule has 0 saturated heterocycles. The van der Waals surface area contributed by atoms with E-state index in [9.17, 15) is 24.1 Å². The first-order valence-electron chi connectivity index (χ1n) is 12.0. The number of benzene rings is 2. The van der Waals surface area contributed by atoms with Crippen LogP contribution in [-0.2, 0) is 5.41 Å². The van der Waals surface area contributed by atoms with Crippen molar-refractivity contribution in [2.75, 3.05) is 17.7 Å². The van der Waals surface area contributed by atoms with Gasteiger partial charge in [0.05, 0.1) is 22.0 Å². The maximum absolute atomic E-state index is 14.9. The van der Waals surface area contributed by atoms with E-state index < -0.39 is 22.7 Å². The summed E-state index contributed by atoms with van der Waals surface area (Å²) in [4.78, 5) is 39.1. The fourth-order valence-electron chi connectivity index (χ4n) is 3.54. The minimum Gasteiger partial charge on any atom is -0.457 e. The molecule has 4 aromatic rings. The van der Waals surface area contributed by atoms with E-state index in [-0.39, 0.29) is 39.8 Å². The van der Waals surface area contributed by atoms with Gasteiger partial charge in [0, 0.05) is 49.0 Å². The summed E-state index contributed by atoms with van der Waals surface area (Å²) in [7, 11) is 1.47. The molecule has 0 aliphatic heterocycles. The minimum absolute atomic E-state index is 0.0852. The van der Waals surface area contributed by atoms with Crippen molar-refractivity contribution in [2.24, 2.45) is 0 Å². The number of ether oxygens (including phenoxy) is 1. The van der Waals surface area contributed by atoms with E-state index >= 15 is 0 Å². The van der Waals surface area contributed by atoms with Crippen LogP contribution in [0.3, 0.4) is 0 Å². The highest BCUT2D eigenvalue weighted by molar-refractivity contribution is 5.99. The zero-order valence-electron chi connectivity index (χ0n) is 22.1. The van der Waals surface area contributed by atoms with Crippen LogP contribution in [0.2, 0.25) is 0 Å². The molecular formula is C27H26FN7O5. The highest BCUT2D eigenvalue weighted by atomic mass is 19.1. The van der Waals surface area contributed by atoms with Crippen LogP contribution in [0.15, 0.2) is 66.9 Å². The fourth-order valence-corrected chi connectivity index (χ4v) is 3.54. The molecule has 0 aliphatic carbocycles. The van der Waals surface area contributed by atoms with Crippen LogP contribution in [0.5, 0.6) is 11.5 Å². The highest BCUT2D eigenvalue weighted by Crippen LogP contribution is 2.28. The average Bonchev–Trinajstić information content (AvgIpc) is 3.34. The van der Waals surface area contributed by atoms with Gasteiger partial charge in [-0.15, -0.1) is 0 Å². The number of non-ortho nitro benzene ring substituents is 1. The number of hydrogen-bond acceptors (Lipinski definition) is 7. The van der Waals surface area contributed by atoms with Crippen molar-refractivity contribution >= 4 is 29.1 Å². The van der Waals surface area contributed by atoms with Crippen LogP contribution in [-0.4, -0.2) is 38.7 Å². The number of rotatable bonds is 7. The second kappa shape index (κ2) is 11.2. The summed E-state index contributed by atoms with van der Waals surface area (Å²) < 4.78 is 21.9. The van der Waals surface area contributed by atoms with Gasteiger partial charge < -0.3 is 15.4 Å². The first-order chi connectivity index (χ1) is 18.9. The molecule has 206 valence electrons. The van der Waals surface area contributed by atoms with Gasteiger partial charge >= 0.3 is 6.03 Å². The van der Waals surface area contributed by atoms with Gasteiger partial charge in [-0.2, -0.15) is 5.10 Å². The molecule has 0 spiro atoms. The number of carbonyl (C=O) groups is 2. The molecule has 2 aromatic carbocycles. The normalized spacial score (nSPS) is 11.0. The fraction of sp³-hybridized carbons (Fsp3) is 0.185. The van der Waals surface area contributed by atoms with Gasteiger partial charge in [-0.25, -0.2) is 13.9 Å². The van der Waals surface area contributed by atoms with E-state index in [2.05, 4.69) is 26.0 Å². The van der Waals surface area contributed by atoms with Crippen LogP contribution < -0.4 is 20.7 Å². The molecule has 13 heteroatoms. The van der Waals surface area contributed by atoms with Gasteiger partial charge in [-0.3, -0.25) is 25.2 Å². The quantitative estimate of drug-likeness (QED) is 0.207. The van der Waals surface area contributed by atoms with Gasteiger partial charge in [0.15, 0.2) is 0 Å². The Balaban J connectivity index is 1.51. The number of aromatic nitrogens is 3. The monoisotopic (exact) mass is 547 g/mol. The summed E-state index contributed by atoms with van der Waals surface area (Å²) in [6.07, 6.45) is 1.39. The topological polar surface area (TPSA) is 153 Å². The lowest BCUT2D eigenvalue weighted by Crippen LogP contribution is -2.22. The summed E-state index contributed by atoms with van der Waals surface area (Å²) in [5.41, 5.74) is 0.722. The maximum atomic E-state index is 14.9. The molecule has 2 heterocycles. The predicted octanol–water partition coefficient (Wildman–Crippen LogP) is 5.41. The summed E-state index contributed by atoms with van der Waals surface area (Å²) in [6, 6.07) is 13.4. The molecule has 2 aromatic heterocycles. The lowest BCUT2D eigenvalue weighted by atomic mass is 9.92. The Morgan fingerprint density at radius 3 is 2.33 bits per heavy atom. The van der Waals surface area contributed by atoms with Crippen LogP contribution in [0.25, 0.3) is 5.69 Å². The third-order valence-corrected chi connectivity index (χ3v) is 5.64. The van der Waals surface area contributed by atoms with Crippen LogP contribution in [0, 0.1) is 15.9 Å². The Bertz CT molecular complexity index is 1580. The van der Waals surface area contributed by atoms with Gasteiger partial charge in [0.25, 0.3) is 11.6 Å². The Morgan fingerprint density at radius 1 is 1.00 bits per heavy atom. The summed E-state index contributed by atoms with van der Waals surface area (Å²) in [5, 5.41) is 23.2. The molecular weight excluding hydrogens is 521 g/mol. The predicted molar refractivity (Wildman–Crippen MR) is 146 cm³/mol. The van der Waals surface area contributed by atoms with Crippen molar-refractivity contribution in [3.8, 4) is 17.2 Å². The second-order valence-corrected chi connectivity index (χ2v) is 9.63. The van der Waals surface area contributed by atoms with E-state index in [1.165, 1.54) is 66.5 Å². The number of pyridine rings is 1. The van der Waals surface area contributed by atoms with Crippen LogP contribution >= 0.6 is 0 Å². The van der Waals surface area contributed by atoms with E-state index in [1.54, 1.807) is 6.07 Å². The zero-order chi connectivity index (χ0) is 29.0. The Morgan fingerprint density at radius 2 is 1.70 bits per heavy atom. The zero-order valence-corrected chi connectivity index (χ0v) is 22.1. The molecule has 12 nitrogen and oxygen atoms in total. The summed E-state index contributed by atoms with van der Waals surface area (Å²) >= 11 is 0. The number of anilines is 2. The number of hydrogen-bond donors (Lipinski definition) is 3. The van der Waals surface area contributed by atoms with Crippen molar-refractivity contribution in [2.45, 2.75) is 26.2 Å². The number of nitro groups is 1. The number of halogens is 1. The number of carbonyl (C=O) groups excluding carboxylic acids is 2. The molecule has 0 bridgehead atoms. The van der Waals surface area contributed by atoms with Crippen molar-refractivity contribution < 1.29 is 23.6 Å². The largest absolute Gasteiger partial charge is 0.457 e. The standard InChI is InChI=1S/C27H26FN7O5/c1-27(2,3)23-15-24(34(33-23)16-5-7-17(8-6-16)35(38)39)32-26(37)31-21-10-9-18(13-20(21)28)40-19-11-12-30-22(14-19)25(36)29-4/h5-15H,1-4H3,(H,29,36)(H2,31,32,37). The van der Waals surface area contributed by atoms with Gasteiger partial charge in [0.2, 0.25) is 0 Å². The van der Waals surface area contributed by atoms with Crippen LogP contribution in [0.1, 0.15) is 37.0 Å². The molecule has 4 rings (SSSR count). The molecule has 3 amide bonds. The number of nitrogens with zero attached hydrogens (tertiary/aromatic N) is 4. The minimum atomic E-state index is -0.757. The van der Waals surface area contributed by atoms with Gasteiger partial charge in [-0.1, -0.05) is 20.8 Å². The van der Waals surface area contributed by atoms with E-state index in [1.807, 2.05) is 20.8 Å². The third-order valence-electron chi connectivity index (χ3n) is 5.64. The molecule has 0 fully saturated rings. The van der Waals surface area contributed by atoms with Crippen molar-refractivity contribution in [1.29, 1.82) is 0 Å². The Kier molecular flexibility index (Phi) is 7.75. The highest BCUT2D eigenvalue weighted by Gasteiger charge is 2.22. The molecule has 0 unspecified atom stereocenters. The molecule has 0 atom stereocenters. The molecule has 0 radical (unpaired) electrons. The van der Waals surface area contributed by atoms with E-state index in [4.69, 9.17) is 4.74 Å². The first kappa shape index (κ1) is 27.7. The number of amides is 3. The first-order valence-corrected chi connectivity index (χ1v) is 12.0. The average molecular weight is 548 g/mol. The second-order valence-electron chi connectivity index (χ2n) is 9.63. The smallest absolute Gasteiger partial charge is 0.324 e. The van der Waals surface area contributed by atoms with Crippen molar-refractivity contribution in [3.05, 3.63) is 94.2 Å². The Hall–Kier alpha value is -5.33. The van der Waals surface area contributed by atoms with Crippen molar-refractivity contribution in [1.82, 2.24) is 20.1 Å². The SMILES string of the molecule is CNC(=O)c1cc(Oc2ccc(NC(=O)Nc3cc(C(C)(C)C)nn3-c3ccc([N+](=O)[O-])cc3)c(F)c2)ccn1. The van der Waals surface area contributed by atoms with Crippen molar-refractivity contribution in [3.63, 3.8) is 0 Å². The Labute approximate surface area is 228 Å². The van der Waals surface area contributed by atoms with Gasteiger partial charge in [0.1, 0.15) is 28.8 Å². The summed E-state index contributed by atoms with van der Waals surface area (Å²) in [6.45, 7) is 5.84. The maximum Gasteiger partial charge on any atom is 0.324 e. The third kappa shape index (κ3) is 6.38. The van der Waals surface area contributed by atoms with E-state index in [0.29, 0.717) is 11.4 Å². The lowest BCUT2D eigenvalue weighted by molar-refractivity contribution is -0.384.